The van der Waals surface area contributed by atoms with E-state index in [9.17, 15) is 9.59 Å². The highest BCUT2D eigenvalue weighted by Crippen LogP contribution is 2.23. The van der Waals surface area contributed by atoms with Gasteiger partial charge in [0.15, 0.2) is 11.0 Å². The molecular weight excluding hydrogens is 314 g/mol. The zero-order chi connectivity index (χ0) is 16.8. The second-order valence-electron chi connectivity index (χ2n) is 5.64. The number of likely N-dealkylation sites (tertiary alicyclic amines) is 1. The number of amides is 2. The second-order valence-corrected chi connectivity index (χ2v) is 6.95. The first kappa shape index (κ1) is 17.8. The number of hydrogen-bond donors (Lipinski definition) is 1. The molecule has 128 valence electrons. The molecule has 0 bridgehead atoms. The van der Waals surface area contributed by atoms with Crippen LogP contribution in [0.5, 0.6) is 0 Å². The fraction of sp³-hybridized carbons (Fsp3) is 0.733. The lowest BCUT2D eigenvalue weighted by Crippen LogP contribution is -2.31. The van der Waals surface area contributed by atoms with E-state index in [0.717, 1.165) is 36.8 Å². The smallest absolute Gasteiger partial charge is 0.233 e. The summed E-state index contributed by atoms with van der Waals surface area (Å²) in [7, 11) is 1.63. The molecule has 2 rings (SSSR count). The first-order valence-corrected chi connectivity index (χ1v) is 9.02. The molecule has 1 saturated heterocycles. The van der Waals surface area contributed by atoms with Crippen LogP contribution in [0.2, 0.25) is 0 Å². The maximum atomic E-state index is 12.1. The van der Waals surface area contributed by atoms with Crippen molar-refractivity contribution >= 4 is 23.6 Å². The molecule has 8 heteroatoms. The monoisotopic (exact) mass is 339 g/mol. The van der Waals surface area contributed by atoms with Crippen LogP contribution in [0, 0.1) is 0 Å². The molecule has 2 heterocycles. The third kappa shape index (κ3) is 4.46. The Bertz CT molecular complexity index is 560. The van der Waals surface area contributed by atoms with Crippen LogP contribution >= 0.6 is 11.8 Å². The highest BCUT2D eigenvalue weighted by Gasteiger charge is 2.22. The van der Waals surface area contributed by atoms with E-state index < -0.39 is 0 Å². The molecule has 1 aliphatic heterocycles. The van der Waals surface area contributed by atoms with Crippen molar-refractivity contribution in [2.75, 3.05) is 13.6 Å². The van der Waals surface area contributed by atoms with Crippen LogP contribution in [-0.4, -0.2) is 50.3 Å². The van der Waals surface area contributed by atoms with Gasteiger partial charge in [0.1, 0.15) is 0 Å². The summed E-state index contributed by atoms with van der Waals surface area (Å²) >= 11 is 1.39. The number of hydrogen-bond acceptors (Lipinski definition) is 5. The van der Waals surface area contributed by atoms with Crippen molar-refractivity contribution in [3.05, 3.63) is 5.82 Å². The SMILES string of the molecule is CCn1c(CN2CCCCCC2=O)nnc1S[C@@H](C)C(=O)NC. The highest BCUT2D eigenvalue weighted by atomic mass is 32.2. The fourth-order valence-electron chi connectivity index (χ4n) is 2.63. The Balaban J connectivity index is 2.10. The Morgan fingerprint density at radius 2 is 2.13 bits per heavy atom. The molecule has 7 nitrogen and oxygen atoms in total. The lowest BCUT2D eigenvalue weighted by atomic mass is 10.2. The summed E-state index contributed by atoms with van der Waals surface area (Å²) in [5.41, 5.74) is 0. The number of carbonyl (C=O) groups is 2. The Morgan fingerprint density at radius 1 is 1.35 bits per heavy atom. The van der Waals surface area contributed by atoms with Gasteiger partial charge in [-0.05, 0) is 26.7 Å². The van der Waals surface area contributed by atoms with Gasteiger partial charge >= 0.3 is 0 Å². The minimum Gasteiger partial charge on any atom is -0.358 e. The molecule has 0 unspecified atom stereocenters. The van der Waals surface area contributed by atoms with E-state index in [1.54, 1.807) is 7.05 Å². The van der Waals surface area contributed by atoms with Crippen molar-refractivity contribution in [1.82, 2.24) is 25.0 Å². The van der Waals surface area contributed by atoms with E-state index in [1.165, 1.54) is 11.8 Å². The molecule has 1 fully saturated rings. The molecule has 2 amide bonds. The van der Waals surface area contributed by atoms with Gasteiger partial charge in [-0.1, -0.05) is 18.2 Å². The number of nitrogens with zero attached hydrogens (tertiary/aromatic N) is 4. The van der Waals surface area contributed by atoms with Gasteiger partial charge in [0, 0.05) is 26.6 Å². The molecule has 23 heavy (non-hydrogen) atoms. The summed E-state index contributed by atoms with van der Waals surface area (Å²) in [6.45, 7) is 5.86. The van der Waals surface area contributed by atoms with Crippen LogP contribution in [0.3, 0.4) is 0 Å². The maximum Gasteiger partial charge on any atom is 0.233 e. The minimum absolute atomic E-state index is 0.0371. The van der Waals surface area contributed by atoms with Crippen LogP contribution in [0.15, 0.2) is 5.16 Å². The highest BCUT2D eigenvalue weighted by molar-refractivity contribution is 8.00. The predicted molar refractivity (Wildman–Crippen MR) is 89.0 cm³/mol. The van der Waals surface area contributed by atoms with Gasteiger partial charge in [-0.3, -0.25) is 9.59 Å². The molecule has 1 aliphatic rings. The van der Waals surface area contributed by atoms with Gasteiger partial charge in [0.2, 0.25) is 11.8 Å². The largest absolute Gasteiger partial charge is 0.358 e. The van der Waals surface area contributed by atoms with E-state index in [4.69, 9.17) is 0 Å². The Labute approximate surface area is 141 Å². The summed E-state index contributed by atoms with van der Waals surface area (Å²) in [6, 6.07) is 0. The topological polar surface area (TPSA) is 80.1 Å². The second kappa shape index (κ2) is 8.33. The summed E-state index contributed by atoms with van der Waals surface area (Å²) in [4.78, 5) is 25.7. The standard InChI is InChI=1S/C15H25N5O2S/c1-4-20-12(10-19-9-7-5-6-8-13(19)21)17-18-15(20)23-11(2)14(22)16-3/h11H,4-10H2,1-3H3,(H,16,22)/t11-/m0/s1. The predicted octanol–water partition coefficient (Wildman–Crippen LogP) is 1.43. The average molecular weight is 339 g/mol. The Morgan fingerprint density at radius 3 is 2.83 bits per heavy atom. The lowest BCUT2D eigenvalue weighted by molar-refractivity contribution is -0.131. The van der Waals surface area contributed by atoms with Gasteiger partial charge in [-0.2, -0.15) is 0 Å². The maximum absolute atomic E-state index is 12.1. The number of carbonyl (C=O) groups excluding carboxylic acids is 2. The molecule has 0 saturated carbocycles. The lowest BCUT2D eigenvalue weighted by Gasteiger charge is -2.20. The summed E-state index contributed by atoms with van der Waals surface area (Å²) in [6.07, 6.45) is 3.74. The van der Waals surface area contributed by atoms with Gasteiger partial charge in [-0.25, -0.2) is 0 Å². The number of aromatic nitrogens is 3. The Kier molecular flexibility index (Phi) is 6.44. The van der Waals surface area contributed by atoms with E-state index in [1.807, 2.05) is 23.3 Å². The van der Waals surface area contributed by atoms with Crippen LogP contribution in [0.4, 0.5) is 0 Å². The van der Waals surface area contributed by atoms with Crippen LogP contribution in [-0.2, 0) is 22.7 Å². The molecular formula is C15H25N5O2S. The van der Waals surface area contributed by atoms with Crippen molar-refractivity contribution in [2.45, 2.75) is 63.0 Å². The van der Waals surface area contributed by atoms with Crippen molar-refractivity contribution in [3.63, 3.8) is 0 Å². The van der Waals surface area contributed by atoms with Gasteiger partial charge in [-0.15, -0.1) is 10.2 Å². The minimum atomic E-state index is -0.234. The van der Waals surface area contributed by atoms with Gasteiger partial charge in [0.05, 0.1) is 11.8 Å². The number of nitrogens with one attached hydrogen (secondary N) is 1. The average Bonchev–Trinajstić information content (AvgIpc) is 2.81. The molecule has 0 spiro atoms. The first-order chi connectivity index (χ1) is 11.1. The van der Waals surface area contributed by atoms with Crippen LogP contribution in [0.25, 0.3) is 0 Å². The summed E-state index contributed by atoms with van der Waals surface area (Å²) in [5, 5.41) is 11.6. The zero-order valence-corrected chi connectivity index (χ0v) is 14.9. The van der Waals surface area contributed by atoms with E-state index in [2.05, 4.69) is 15.5 Å². The van der Waals surface area contributed by atoms with E-state index in [0.29, 0.717) is 19.5 Å². The zero-order valence-electron chi connectivity index (χ0n) is 14.0. The van der Waals surface area contributed by atoms with Crippen LogP contribution < -0.4 is 5.32 Å². The van der Waals surface area contributed by atoms with Crippen LogP contribution in [0.1, 0.15) is 45.4 Å². The first-order valence-electron chi connectivity index (χ1n) is 8.15. The van der Waals surface area contributed by atoms with Crippen molar-refractivity contribution < 1.29 is 9.59 Å². The number of thioether (sulfide) groups is 1. The van der Waals surface area contributed by atoms with Crippen molar-refractivity contribution in [3.8, 4) is 0 Å². The van der Waals surface area contributed by atoms with Gasteiger partial charge < -0.3 is 14.8 Å². The summed E-state index contributed by atoms with van der Waals surface area (Å²) < 4.78 is 1.99. The third-order valence-electron chi connectivity index (χ3n) is 4.01. The molecule has 1 N–H and O–H groups in total. The quantitative estimate of drug-likeness (QED) is 0.793. The van der Waals surface area contributed by atoms with Gasteiger partial charge in [0.25, 0.3) is 0 Å². The molecule has 1 aromatic rings. The number of rotatable bonds is 6. The molecule has 0 aliphatic carbocycles. The van der Waals surface area contributed by atoms with E-state index >= 15 is 0 Å². The molecule has 0 radical (unpaired) electrons. The molecule has 1 aromatic heterocycles. The molecule has 1 atom stereocenters. The van der Waals surface area contributed by atoms with Crippen molar-refractivity contribution in [2.24, 2.45) is 0 Å². The Hall–Kier alpha value is -1.57. The normalized spacial score (nSPS) is 17.0. The summed E-state index contributed by atoms with van der Waals surface area (Å²) in [5.74, 6) is 0.945. The fourth-order valence-corrected chi connectivity index (χ4v) is 3.62. The van der Waals surface area contributed by atoms with E-state index in [-0.39, 0.29) is 17.1 Å². The molecule has 0 aromatic carbocycles. The third-order valence-corrected chi connectivity index (χ3v) is 5.09. The van der Waals surface area contributed by atoms with Crippen molar-refractivity contribution in [1.29, 1.82) is 0 Å².